The number of fused-ring (bicyclic) bond motifs is 1. The molecular formula is C20H22BrN3O. The van der Waals surface area contributed by atoms with Gasteiger partial charge in [0.25, 0.3) is 0 Å². The lowest BCUT2D eigenvalue weighted by Crippen LogP contribution is -2.29. The second kappa shape index (κ2) is 7.18. The Morgan fingerprint density at radius 2 is 2.04 bits per heavy atom. The molecule has 4 nitrogen and oxygen atoms in total. The van der Waals surface area contributed by atoms with E-state index in [1.165, 1.54) is 23.6 Å². The van der Waals surface area contributed by atoms with Crippen molar-refractivity contribution in [1.82, 2.24) is 14.9 Å². The first-order valence-electron chi connectivity index (χ1n) is 8.73. The zero-order valence-corrected chi connectivity index (χ0v) is 15.9. The summed E-state index contributed by atoms with van der Waals surface area (Å²) >= 11 is 3.51. The first-order chi connectivity index (χ1) is 12.2. The van der Waals surface area contributed by atoms with Crippen LogP contribution in [0.2, 0.25) is 0 Å². The summed E-state index contributed by atoms with van der Waals surface area (Å²) in [5.41, 5.74) is 0. The van der Waals surface area contributed by atoms with Gasteiger partial charge in [-0.3, -0.25) is 0 Å². The minimum absolute atomic E-state index is 0.331. The van der Waals surface area contributed by atoms with Crippen molar-refractivity contribution in [3.05, 3.63) is 59.1 Å². The molecule has 0 aliphatic heterocycles. The molecule has 1 fully saturated rings. The van der Waals surface area contributed by atoms with Crippen molar-refractivity contribution in [1.29, 1.82) is 0 Å². The molecule has 1 N–H and O–H groups in total. The number of hydrogen-bond acceptors (Lipinski definition) is 3. The largest absolute Gasteiger partial charge is 0.492 e. The van der Waals surface area contributed by atoms with Crippen molar-refractivity contribution in [2.45, 2.75) is 18.9 Å². The molecule has 1 unspecified atom stereocenters. The molecule has 130 valence electrons. The smallest absolute Gasteiger partial charge is 0.125 e. The van der Waals surface area contributed by atoms with Crippen LogP contribution in [0.1, 0.15) is 24.7 Å². The molecule has 4 rings (SSSR count). The van der Waals surface area contributed by atoms with Gasteiger partial charge in [0.2, 0.25) is 0 Å². The molecule has 5 heteroatoms. The lowest BCUT2D eigenvalue weighted by Gasteiger charge is -2.18. The Balaban J connectivity index is 1.34. The Morgan fingerprint density at radius 3 is 2.80 bits per heavy atom. The molecule has 1 heterocycles. The van der Waals surface area contributed by atoms with Crippen molar-refractivity contribution < 1.29 is 4.74 Å². The Kier molecular flexibility index (Phi) is 4.77. The van der Waals surface area contributed by atoms with E-state index in [1.807, 2.05) is 18.5 Å². The first-order valence-corrected chi connectivity index (χ1v) is 9.53. The molecule has 1 aromatic heterocycles. The van der Waals surface area contributed by atoms with Crippen LogP contribution < -0.4 is 10.1 Å². The molecule has 0 bridgehead atoms. The maximum atomic E-state index is 5.94. The SMILES string of the molecule is Cn1ccnc1C(NCCOc1ccc2cc(Br)ccc2c1)C1CC1. The fourth-order valence-corrected chi connectivity index (χ4v) is 3.62. The maximum absolute atomic E-state index is 5.94. The summed E-state index contributed by atoms with van der Waals surface area (Å²) in [6.45, 7) is 1.46. The molecule has 1 atom stereocenters. The van der Waals surface area contributed by atoms with Crippen LogP contribution in [0.4, 0.5) is 0 Å². The van der Waals surface area contributed by atoms with E-state index < -0.39 is 0 Å². The van der Waals surface area contributed by atoms with E-state index in [-0.39, 0.29) is 0 Å². The van der Waals surface area contributed by atoms with E-state index in [1.54, 1.807) is 0 Å². The molecule has 1 aliphatic carbocycles. The number of rotatable bonds is 7. The lowest BCUT2D eigenvalue weighted by atomic mass is 10.1. The molecule has 3 aromatic rings. The number of aromatic nitrogens is 2. The maximum Gasteiger partial charge on any atom is 0.125 e. The van der Waals surface area contributed by atoms with Gasteiger partial charge < -0.3 is 14.6 Å². The predicted octanol–water partition coefficient (Wildman–Crippen LogP) is 4.46. The van der Waals surface area contributed by atoms with Gasteiger partial charge in [0.05, 0.1) is 6.04 Å². The number of hydrogen-bond donors (Lipinski definition) is 1. The molecule has 0 radical (unpaired) electrons. The second-order valence-corrected chi connectivity index (χ2v) is 7.58. The minimum Gasteiger partial charge on any atom is -0.492 e. The zero-order chi connectivity index (χ0) is 17.2. The van der Waals surface area contributed by atoms with Crippen LogP contribution in [0.25, 0.3) is 10.8 Å². The number of ether oxygens (including phenoxy) is 1. The summed E-state index contributed by atoms with van der Waals surface area (Å²) in [4.78, 5) is 4.51. The zero-order valence-electron chi connectivity index (χ0n) is 14.3. The van der Waals surface area contributed by atoms with Gasteiger partial charge in [-0.05, 0) is 53.8 Å². The summed E-state index contributed by atoms with van der Waals surface area (Å²) in [5, 5.41) is 6.03. The van der Waals surface area contributed by atoms with Crippen molar-refractivity contribution in [2.75, 3.05) is 13.2 Å². The predicted molar refractivity (Wildman–Crippen MR) is 104 cm³/mol. The van der Waals surface area contributed by atoms with E-state index >= 15 is 0 Å². The second-order valence-electron chi connectivity index (χ2n) is 6.67. The lowest BCUT2D eigenvalue weighted by molar-refractivity contribution is 0.298. The molecule has 25 heavy (non-hydrogen) atoms. The highest BCUT2D eigenvalue weighted by Crippen LogP contribution is 2.40. The van der Waals surface area contributed by atoms with Crippen LogP contribution in [-0.2, 0) is 7.05 Å². The number of benzene rings is 2. The van der Waals surface area contributed by atoms with Gasteiger partial charge in [-0.2, -0.15) is 0 Å². The molecule has 1 saturated carbocycles. The average Bonchev–Trinajstić information content (AvgIpc) is 3.36. The third-order valence-corrected chi connectivity index (χ3v) is 5.23. The summed E-state index contributed by atoms with van der Waals surface area (Å²) in [5.74, 6) is 2.75. The monoisotopic (exact) mass is 399 g/mol. The van der Waals surface area contributed by atoms with E-state index in [0.29, 0.717) is 18.6 Å². The van der Waals surface area contributed by atoms with Gasteiger partial charge >= 0.3 is 0 Å². The van der Waals surface area contributed by atoms with Gasteiger partial charge in [-0.15, -0.1) is 0 Å². The van der Waals surface area contributed by atoms with E-state index in [4.69, 9.17) is 4.74 Å². The minimum atomic E-state index is 0.331. The van der Waals surface area contributed by atoms with Gasteiger partial charge in [-0.25, -0.2) is 4.98 Å². The van der Waals surface area contributed by atoms with Gasteiger partial charge in [-0.1, -0.05) is 28.1 Å². The first kappa shape index (κ1) is 16.6. The van der Waals surface area contributed by atoms with Crippen LogP contribution in [0.3, 0.4) is 0 Å². The third-order valence-electron chi connectivity index (χ3n) is 4.74. The van der Waals surface area contributed by atoms with Crippen LogP contribution >= 0.6 is 15.9 Å². The summed E-state index contributed by atoms with van der Waals surface area (Å²) in [6, 6.07) is 12.8. The van der Waals surface area contributed by atoms with Crippen molar-refractivity contribution in [3.8, 4) is 5.75 Å². The third kappa shape index (κ3) is 3.88. The highest BCUT2D eigenvalue weighted by molar-refractivity contribution is 9.10. The molecule has 0 spiro atoms. The molecule has 0 saturated heterocycles. The Bertz CT molecular complexity index is 872. The highest BCUT2D eigenvalue weighted by Gasteiger charge is 2.34. The van der Waals surface area contributed by atoms with Gasteiger partial charge in [0, 0.05) is 30.5 Å². The summed E-state index contributed by atoms with van der Waals surface area (Å²) in [7, 11) is 2.06. The van der Waals surface area contributed by atoms with Gasteiger partial charge in [0.15, 0.2) is 0 Å². The van der Waals surface area contributed by atoms with E-state index in [9.17, 15) is 0 Å². The molecule has 2 aromatic carbocycles. The normalized spacial score (nSPS) is 15.4. The molecule has 0 amide bonds. The van der Waals surface area contributed by atoms with Crippen molar-refractivity contribution in [2.24, 2.45) is 13.0 Å². The van der Waals surface area contributed by atoms with Crippen LogP contribution in [0, 0.1) is 5.92 Å². The molecular weight excluding hydrogens is 378 g/mol. The highest BCUT2D eigenvalue weighted by atomic mass is 79.9. The summed E-state index contributed by atoms with van der Waals surface area (Å²) in [6.07, 6.45) is 6.45. The van der Waals surface area contributed by atoms with Crippen LogP contribution in [-0.4, -0.2) is 22.7 Å². The Labute approximate surface area is 156 Å². The van der Waals surface area contributed by atoms with Crippen molar-refractivity contribution in [3.63, 3.8) is 0 Å². The van der Waals surface area contributed by atoms with E-state index in [2.05, 4.69) is 68.2 Å². The number of imidazole rings is 1. The number of aryl methyl sites for hydroxylation is 1. The van der Waals surface area contributed by atoms with E-state index in [0.717, 1.165) is 22.6 Å². The van der Waals surface area contributed by atoms with Crippen LogP contribution in [0.15, 0.2) is 53.3 Å². The average molecular weight is 400 g/mol. The number of nitrogens with zero attached hydrogens (tertiary/aromatic N) is 2. The Morgan fingerprint density at radius 1 is 1.24 bits per heavy atom. The number of nitrogens with one attached hydrogen (secondary N) is 1. The Hall–Kier alpha value is -1.85. The fourth-order valence-electron chi connectivity index (χ4n) is 3.24. The number of halogens is 1. The fraction of sp³-hybridized carbons (Fsp3) is 0.350. The molecule has 1 aliphatic rings. The van der Waals surface area contributed by atoms with Crippen molar-refractivity contribution >= 4 is 26.7 Å². The topological polar surface area (TPSA) is 39.1 Å². The van der Waals surface area contributed by atoms with Gasteiger partial charge in [0.1, 0.15) is 18.2 Å². The summed E-state index contributed by atoms with van der Waals surface area (Å²) < 4.78 is 9.15. The quantitative estimate of drug-likeness (QED) is 0.596. The van der Waals surface area contributed by atoms with Crippen LogP contribution in [0.5, 0.6) is 5.75 Å². The standard InChI is InChI=1S/C20H22BrN3O/c1-24-10-8-23-20(24)19(14-2-3-14)22-9-11-25-18-7-5-15-12-17(21)6-4-16(15)13-18/h4-8,10,12-14,19,22H,2-3,9,11H2,1H3.